The van der Waals surface area contributed by atoms with Gasteiger partial charge in [0.1, 0.15) is 5.75 Å². The fraction of sp³-hybridized carbons (Fsp3) is 0.235. The van der Waals surface area contributed by atoms with Crippen LogP contribution >= 0.6 is 15.9 Å². The van der Waals surface area contributed by atoms with Gasteiger partial charge in [-0.05, 0) is 56.2 Å². The maximum Gasteiger partial charge on any atom is 0.200 e. The van der Waals surface area contributed by atoms with Crippen molar-refractivity contribution in [3.63, 3.8) is 0 Å². The van der Waals surface area contributed by atoms with Crippen LogP contribution in [0.1, 0.15) is 27.0 Å². The van der Waals surface area contributed by atoms with E-state index in [9.17, 15) is 4.79 Å². The number of hydrogen-bond donors (Lipinski definition) is 0. The van der Waals surface area contributed by atoms with Crippen LogP contribution in [-0.4, -0.2) is 12.4 Å². The largest absolute Gasteiger partial charge is 0.485 e. The number of carbonyl (C=O) groups is 1. The van der Waals surface area contributed by atoms with Crippen molar-refractivity contribution in [1.29, 1.82) is 0 Å². The number of rotatable bonds is 4. The number of hydrogen-bond acceptors (Lipinski definition) is 2. The molecule has 0 radical (unpaired) electrons. The van der Waals surface area contributed by atoms with Crippen molar-refractivity contribution in [3.05, 3.63) is 63.1 Å². The fourth-order valence-corrected chi connectivity index (χ4v) is 2.22. The number of halogens is 1. The van der Waals surface area contributed by atoms with E-state index in [-0.39, 0.29) is 12.4 Å². The zero-order valence-electron chi connectivity index (χ0n) is 11.9. The summed E-state index contributed by atoms with van der Waals surface area (Å²) in [5.41, 5.74) is 3.88. The van der Waals surface area contributed by atoms with E-state index in [2.05, 4.69) is 15.9 Å². The van der Waals surface area contributed by atoms with E-state index in [0.29, 0.717) is 5.75 Å². The van der Waals surface area contributed by atoms with Gasteiger partial charge in [0.2, 0.25) is 0 Å². The number of aryl methyl sites for hydroxylation is 3. The molecule has 0 spiro atoms. The van der Waals surface area contributed by atoms with E-state index in [1.807, 2.05) is 57.2 Å². The monoisotopic (exact) mass is 332 g/mol. The molecule has 20 heavy (non-hydrogen) atoms. The molecule has 2 aromatic carbocycles. The molecule has 0 unspecified atom stereocenters. The number of Topliss-reactive ketones (excluding diaryl/α,β-unsaturated/α-hetero) is 1. The van der Waals surface area contributed by atoms with Gasteiger partial charge in [-0.25, -0.2) is 0 Å². The molecular weight excluding hydrogens is 316 g/mol. The lowest BCUT2D eigenvalue weighted by molar-refractivity contribution is 0.0920. The first kappa shape index (κ1) is 14.8. The zero-order valence-corrected chi connectivity index (χ0v) is 13.5. The Morgan fingerprint density at radius 3 is 2.50 bits per heavy atom. The highest BCUT2D eigenvalue weighted by molar-refractivity contribution is 9.10. The summed E-state index contributed by atoms with van der Waals surface area (Å²) in [5.74, 6) is 0.719. The molecule has 0 N–H and O–H groups in total. The van der Waals surface area contributed by atoms with Gasteiger partial charge in [-0.1, -0.05) is 33.6 Å². The van der Waals surface area contributed by atoms with E-state index in [0.717, 1.165) is 26.7 Å². The quantitative estimate of drug-likeness (QED) is 0.762. The van der Waals surface area contributed by atoms with Gasteiger partial charge in [0.25, 0.3) is 0 Å². The molecule has 0 bridgehead atoms. The highest BCUT2D eigenvalue weighted by Gasteiger charge is 2.10. The van der Waals surface area contributed by atoms with Gasteiger partial charge in [0.05, 0.1) is 0 Å². The topological polar surface area (TPSA) is 26.3 Å². The van der Waals surface area contributed by atoms with Crippen LogP contribution in [-0.2, 0) is 0 Å². The normalized spacial score (nSPS) is 10.4. The molecule has 0 aliphatic carbocycles. The van der Waals surface area contributed by atoms with Crippen LogP contribution in [0.4, 0.5) is 0 Å². The lowest BCUT2D eigenvalue weighted by Crippen LogP contribution is -2.13. The van der Waals surface area contributed by atoms with Crippen molar-refractivity contribution in [1.82, 2.24) is 0 Å². The third-order valence-corrected chi connectivity index (χ3v) is 4.08. The number of benzene rings is 2. The lowest BCUT2D eigenvalue weighted by atomic mass is 10.0. The van der Waals surface area contributed by atoms with Crippen molar-refractivity contribution in [2.75, 3.05) is 6.61 Å². The van der Waals surface area contributed by atoms with Gasteiger partial charge in [-0.2, -0.15) is 0 Å². The van der Waals surface area contributed by atoms with Crippen LogP contribution in [0.3, 0.4) is 0 Å². The molecule has 0 fully saturated rings. The summed E-state index contributed by atoms with van der Waals surface area (Å²) in [7, 11) is 0. The van der Waals surface area contributed by atoms with Gasteiger partial charge in [-0.15, -0.1) is 0 Å². The first-order chi connectivity index (χ1) is 9.47. The second-order valence-corrected chi connectivity index (χ2v) is 5.80. The van der Waals surface area contributed by atoms with Gasteiger partial charge < -0.3 is 4.74 Å². The molecule has 2 rings (SSSR count). The van der Waals surface area contributed by atoms with Crippen LogP contribution in [0.2, 0.25) is 0 Å². The SMILES string of the molecule is Cc1ccc(C)c(C(=O)COc2ccc(Br)c(C)c2)c1. The Morgan fingerprint density at radius 2 is 1.80 bits per heavy atom. The van der Waals surface area contributed by atoms with E-state index >= 15 is 0 Å². The first-order valence-corrected chi connectivity index (χ1v) is 7.26. The molecular formula is C17H17BrO2. The van der Waals surface area contributed by atoms with Crippen LogP contribution in [0, 0.1) is 20.8 Å². The molecule has 0 heterocycles. The Kier molecular flexibility index (Phi) is 4.61. The van der Waals surface area contributed by atoms with Crippen LogP contribution in [0.25, 0.3) is 0 Å². The molecule has 104 valence electrons. The Morgan fingerprint density at radius 1 is 1.05 bits per heavy atom. The molecule has 0 aromatic heterocycles. The summed E-state index contributed by atoms with van der Waals surface area (Å²) in [4.78, 5) is 12.2. The maximum absolute atomic E-state index is 12.2. The molecule has 0 atom stereocenters. The third kappa shape index (κ3) is 3.48. The zero-order chi connectivity index (χ0) is 14.7. The number of ether oxygens (including phenoxy) is 1. The van der Waals surface area contributed by atoms with Crippen molar-refractivity contribution in [3.8, 4) is 5.75 Å². The van der Waals surface area contributed by atoms with Crippen molar-refractivity contribution in [2.45, 2.75) is 20.8 Å². The molecule has 3 heteroatoms. The summed E-state index contributed by atoms with van der Waals surface area (Å²) >= 11 is 3.44. The molecule has 0 saturated heterocycles. The molecule has 0 amide bonds. The fourth-order valence-electron chi connectivity index (χ4n) is 1.97. The number of ketones is 1. The van der Waals surface area contributed by atoms with Crippen LogP contribution in [0.15, 0.2) is 40.9 Å². The molecule has 2 aromatic rings. The summed E-state index contributed by atoms with van der Waals surface area (Å²) < 4.78 is 6.62. The average molecular weight is 333 g/mol. The molecule has 0 aliphatic heterocycles. The average Bonchev–Trinajstić information content (AvgIpc) is 2.42. The predicted molar refractivity (Wildman–Crippen MR) is 84.6 cm³/mol. The minimum atomic E-state index is 0.00627. The highest BCUT2D eigenvalue weighted by Crippen LogP contribution is 2.22. The van der Waals surface area contributed by atoms with E-state index in [1.165, 1.54) is 0 Å². The minimum Gasteiger partial charge on any atom is -0.485 e. The van der Waals surface area contributed by atoms with Gasteiger partial charge in [0, 0.05) is 10.0 Å². The van der Waals surface area contributed by atoms with E-state index in [1.54, 1.807) is 0 Å². The second kappa shape index (κ2) is 6.23. The summed E-state index contributed by atoms with van der Waals surface area (Å²) in [6.07, 6.45) is 0. The van der Waals surface area contributed by atoms with Gasteiger partial charge >= 0.3 is 0 Å². The highest BCUT2D eigenvalue weighted by atomic mass is 79.9. The smallest absolute Gasteiger partial charge is 0.200 e. The van der Waals surface area contributed by atoms with Crippen molar-refractivity contribution >= 4 is 21.7 Å². The lowest BCUT2D eigenvalue weighted by Gasteiger charge is -2.09. The predicted octanol–water partition coefficient (Wildman–Crippen LogP) is 4.64. The molecule has 2 nitrogen and oxygen atoms in total. The Labute approximate surface area is 127 Å². The van der Waals surface area contributed by atoms with Crippen LogP contribution < -0.4 is 4.74 Å². The summed E-state index contributed by atoms with van der Waals surface area (Å²) in [5, 5.41) is 0. The van der Waals surface area contributed by atoms with Gasteiger partial charge in [-0.3, -0.25) is 4.79 Å². The standard InChI is InChI=1S/C17H17BrO2/c1-11-4-5-12(2)15(8-11)17(19)10-20-14-6-7-16(18)13(3)9-14/h4-9H,10H2,1-3H3. The number of carbonyl (C=O) groups excluding carboxylic acids is 1. The van der Waals surface area contributed by atoms with Crippen LogP contribution in [0.5, 0.6) is 5.75 Å². The Hall–Kier alpha value is -1.61. The Balaban J connectivity index is 2.08. The minimum absolute atomic E-state index is 0.00627. The van der Waals surface area contributed by atoms with Crippen molar-refractivity contribution < 1.29 is 9.53 Å². The van der Waals surface area contributed by atoms with E-state index < -0.39 is 0 Å². The molecule has 0 aliphatic rings. The summed E-state index contributed by atoms with van der Waals surface area (Å²) in [6, 6.07) is 11.6. The molecule has 0 saturated carbocycles. The summed E-state index contributed by atoms with van der Waals surface area (Å²) in [6.45, 7) is 5.97. The maximum atomic E-state index is 12.2. The van der Waals surface area contributed by atoms with Crippen molar-refractivity contribution in [2.24, 2.45) is 0 Å². The third-order valence-electron chi connectivity index (χ3n) is 3.19. The second-order valence-electron chi connectivity index (χ2n) is 4.94. The van der Waals surface area contributed by atoms with E-state index in [4.69, 9.17) is 4.74 Å². The Bertz CT molecular complexity index is 647. The van der Waals surface area contributed by atoms with Gasteiger partial charge in [0.15, 0.2) is 12.4 Å². The first-order valence-electron chi connectivity index (χ1n) is 6.47.